The minimum Gasteiger partial charge on any atom is -0.347 e. The molecule has 2 rings (SSSR count). The predicted octanol–water partition coefficient (Wildman–Crippen LogP) is 0.863. The summed E-state index contributed by atoms with van der Waals surface area (Å²) in [4.78, 5) is 25.0. The average Bonchev–Trinajstić information content (AvgIpc) is 2.61. The molecule has 1 amide bonds. The molecule has 2 heterocycles. The Morgan fingerprint density at radius 1 is 1.29 bits per heavy atom. The predicted molar refractivity (Wildman–Crippen MR) is 83.1 cm³/mol. The van der Waals surface area contributed by atoms with Crippen molar-refractivity contribution >= 4 is 17.5 Å². The molecule has 7 nitrogen and oxygen atoms in total. The molecule has 7 heteroatoms. The fourth-order valence-corrected chi connectivity index (χ4v) is 2.40. The lowest BCUT2D eigenvalue weighted by Crippen LogP contribution is -2.35. The third kappa shape index (κ3) is 3.24. The Kier molecular flexibility index (Phi) is 4.62. The molecule has 0 unspecified atom stereocenters. The Bertz CT molecular complexity index is 530. The summed E-state index contributed by atoms with van der Waals surface area (Å²) in [7, 11) is 1.84. The van der Waals surface area contributed by atoms with Crippen LogP contribution in [0, 0.1) is 6.92 Å². The first-order valence-electron chi connectivity index (χ1n) is 7.28. The number of nitrogens with two attached hydrogens (primary N) is 1. The van der Waals surface area contributed by atoms with Crippen molar-refractivity contribution < 1.29 is 4.79 Å². The van der Waals surface area contributed by atoms with Gasteiger partial charge in [-0.3, -0.25) is 4.79 Å². The number of nitrogen functional groups attached to an aromatic ring is 1. The number of nitrogens with one attached hydrogen (secondary N) is 1. The number of hydrogen-bond acceptors (Lipinski definition) is 6. The normalized spacial score (nSPS) is 16.4. The minimum absolute atomic E-state index is 0.110. The van der Waals surface area contributed by atoms with Gasteiger partial charge in [-0.15, -0.1) is 0 Å². The molecule has 1 aliphatic heterocycles. The fourth-order valence-electron chi connectivity index (χ4n) is 2.40. The van der Waals surface area contributed by atoms with Crippen LogP contribution in [0.5, 0.6) is 0 Å². The molecule has 0 spiro atoms. The van der Waals surface area contributed by atoms with Crippen LogP contribution in [0.1, 0.15) is 37.6 Å². The van der Waals surface area contributed by atoms with Crippen LogP contribution in [0.4, 0.5) is 11.6 Å². The highest BCUT2D eigenvalue weighted by atomic mass is 16.2. The summed E-state index contributed by atoms with van der Waals surface area (Å²) in [5.74, 6) is 8.02. The van der Waals surface area contributed by atoms with Crippen LogP contribution in [0.3, 0.4) is 0 Å². The van der Waals surface area contributed by atoms with Crippen LogP contribution in [0.15, 0.2) is 0 Å². The van der Waals surface area contributed by atoms with Crippen LogP contribution in [-0.4, -0.2) is 47.5 Å². The molecule has 1 aromatic rings. The lowest BCUT2D eigenvalue weighted by molar-refractivity contribution is -0.127. The molecule has 116 valence electrons. The first kappa shape index (κ1) is 15.5. The first-order chi connectivity index (χ1) is 9.93. The zero-order valence-corrected chi connectivity index (χ0v) is 13.2. The van der Waals surface area contributed by atoms with Crippen molar-refractivity contribution in [2.45, 2.75) is 33.1 Å². The van der Waals surface area contributed by atoms with E-state index in [2.05, 4.69) is 15.4 Å². The lowest BCUT2D eigenvalue weighted by atomic mass is 10.2. The molecule has 0 saturated carbocycles. The maximum atomic E-state index is 12.1. The number of rotatable bonds is 3. The van der Waals surface area contributed by atoms with Gasteiger partial charge in [0.05, 0.1) is 6.54 Å². The van der Waals surface area contributed by atoms with Gasteiger partial charge in [-0.1, -0.05) is 13.8 Å². The van der Waals surface area contributed by atoms with E-state index < -0.39 is 0 Å². The van der Waals surface area contributed by atoms with Crippen LogP contribution < -0.4 is 16.2 Å². The smallest absolute Gasteiger partial charge is 0.241 e. The Morgan fingerprint density at radius 2 is 2.00 bits per heavy atom. The number of hydrogen-bond donors (Lipinski definition) is 2. The molecule has 0 aromatic carbocycles. The first-order valence-corrected chi connectivity index (χ1v) is 7.28. The highest BCUT2D eigenvalue weighted by Crippen LogP contribution is 2.26. The van der Waals surface area contributed by atoms with E-state index in [0.29, 0.717) is 12.4 Å². The van der Waals surface area contributed by atoms with E-state index in [1.165, 1.54) is 0 Å². The summed E-state index contributed by atoms with van der Waals surface area (Å²) in [5, 5.41) is 0. The van der Waals surface area contributed by atoms with Gasteiger partial charge in [-0.05, 0) is 13.3 Å². The van der Waals surface area contributed by atoms with Gasteiger partial charge in [0.2, 0.25) is 5.91 Å². The van der Waals surface area contributed by atoms with Gasteiger partial charge in [0, 0.05) is 31.6 Å². The standard InChI is InChI=1S/C14H24N6O/c1-9(2)12-16-13(18-15)10(3)14(17-12)20-7-5-6-19(4)11(21)8-20/h9H,5-8,15H2,1-4H3,(H,16,17,18). The second-order valence-corrected chi connectivity index (χ2v) is 5.77. The molecule has 0 radical (unpaired) electrons. The fraction of sp³-hybridized carbons (Fsp3) is 0.643. The van der Waals surface area contributed by atoms with Gasteiger partial charge in [0.25, 0.3) is 0 Å². The quantitative estimate of drug-likeness (QED) is 0.635. The molecule has 1 aliphatic rings. The van der Waals surface area contributed by atoms with Gasteiger partial charge >= 0.3 is 0 Å². The largest absolute Gasteiger partial charge is 0.347 e. The van der Waals surface area contributed by atoms with Crippen LogP contribution >= 0.6 is 0 Å². The summed E-state index contributed by atoms with van der Waals surface area (Å²) in [6.07, 6.45) is 0.925. The molecule has 0 aliphatic carbocycles. The molecule has 0 bridgehead atoms. The molecule has 3 N–H and O–H groups in total. The number of nitrogens with zero attached hydrogens (tertiary/aromatic N) is 4. The summed E-state index contributed by atoms with van der Waals surface area (Å²) in [6, 6.07) is 0. The zero-order valence-electron chi connectivity index (χ0n) is 13.2. The second-order valence-electron chi connectivity index (χ2n) is 5.77. The second kappa shape index (κ2) is 6.26. The Balaban J connectivity index is 2.41. The van der Waals surface area contributed by atoms with Crippen molar-refractivity contribution in [3.8, 4) is 0 Å². The highest BCUT2D eigenvalue weighted by Gasteiger charge is 2.23. The van der Waals surface area contributed by atoms with Crippen LogP contribution in [0.2, 0.25) is 0 Å². The summed E-state index contributed by atoms with van der Waals surface area (Å²) < 4.78 is 0. The third-order valence-electron chi connectivity index (χ3n) is 3.76. The van der Waals surface area contributed by atoms with Gasteiger partial charge in [0.1, 0.15) is 17.5 Å². The van der Waals surface area contributed by atoms with Gasteiger partial charge in [0.15, 0.2) is 0 Å². The minimum atomic E-state index is 0.110. The monoisotopic (exact) mass is 292 g/mol. The molecule has 1 aromatic heterocycles. The SMILES string of the molecule is Cc1c(NN)nc(C(C)C)nc1N1CCCN(C)C(=O)C1. The molecule has 21 heavy (non-hydrogen) atoms. The average molecular weight is 292 g/mol. The van der Waals surface area contributed by atoms with Crippen LogP contribution in [-0.2, 0) is 4.79 Å². The van der Waals surface area contributed by atoms with Crippen molar-refractivity contribution in [3.05, 3.63) is 11.4 Å². The number of carbonyl (C=O) groups excluding carboxylic acids is 1. The molecular formula is C14H24N6O. The number of amides is 1. The number of carbonyl (C=O) groups is 1. The van der Waals surface area contributed by atoms with Crippen molar-refractivity contribution in [2.24, 2.45) is 5.84 Å². The van der Waals surface area contributed by atoms with Crippen molar-refractivity contribution in [1.82, 2.24) is 14.9 Å². The maximum absolute atomic E-state index is 12.1. The van der Waals surface area contributed by atoms with E-state index in [-0.39, 0.29) is 11.8 Å². The van der Waals surface area contributed by atoms with Crippen molar-refractivity contribution in [1.29, 1.82) is 0 Å². The molecule has 1 fully saturated rings. The molecular weight excluding hydrogens is 268 g/mol. The molecule has 1 saturated heterocycles. The summed E-state index contributed by atoms with van der Waals surface area (Å²) in [6.45, 7) is 7.92. The number of anilines is 2. The summed E-state index contributed by atoms with van der Waals surface area (Å²) >= 11 is 0. The molecule has 0 atom stereocenters. The van der Waals surface area contributed by atoms with Crippen LogP contribution in [0.25, 0.3) is 0 Å². The van der Waals surface area contributed by atoms with Gasteiger partial charge < -0.3 is 15.2 Å². The maximum Gasteiger partial charge on any atom is 0.241 e. The van der Waals surface area contributed by atoms with E-state index in [1.807, 2.05) is 32.7 Å². The van der Waals surface area contributed by atoms with E-state index >= 15 is 0 Å². The third-order valence-corrected chi connectivity index (χ3v) is 3.76. The van der Waals surface area contributed by atoms with E-state index in [1.54, 1.807) is 4.90 Å². The van der Waals surface area contributed by atoms with Crippen molar-refractivity contribution in [3.63, 3.8) is 0 Å². The Morgan fingerprint density at radius 3 is 2.62 bits per heavy atom. The van der Waals surface area contributed by atoms with Gasteiger partial charge in [-0.25, -0.2) is 15.8 Å². The number of hydrazine groups is 1. The highest BCUT2D eigenvalue weighted by molar-refractivity contribution is 5.82. The zero-order chi connectivity index (χ0) is 15.6. The lowest BCUT2D eigenvalue weighted by Gasteiger charge is -2.24. The van der Waals surface area contributed by atoms with E-state index in [0.717, 1.165) is 36.7 Å². The van der Waals surface area contributed by atoms with Crippen molar-refractivity contribution in [2.75, 3.05) is 37.0 Å². The van der Waals surface area contributed by atoms with Gasteiger partial charge in [-0.2, -0.15) is 0 Å². The Labute approximate surface area is 125 Å². The Hall–Kier alpha value is -1.89. The number of likely N-dealkylation sites (N-methyl/N-ethyl adjacent to an activating group) is 1. The number of aromatic nitrogens is 2. The van der Waals surface area contributed by atoms with E-state index in [4.69, 9.17) is 5.84 Å². The summed E-state index contributed by atoms with van der Waals surface area (Å²) in [5.41, 5.74) is 3.51. The topological polar surface area (TPSA) is 87.4 Å². The van der Waals surface area contributed by atoms with E-state index in [9.17, 15) is 4.79 Å².